The normalized spacial score (nSPS) is 13.9. The van der Waals surface area contributed by atoms with Gasteiger partial charge in [0.2, 0.25) is 0 Å². The molecule has 0 N–H and O–H groups in total. The average molecular weight is 339 g/mol. The molecule has 0 aliphatic rings. The quantitative estimate of drug-likeness (QED) is 0.626. The minimum Gasteiger partial charge on any atom is -0.334 e. The second-order valence-electron chi connectivity index (χ2n) is 5.54. The third-order valence-electron chi connectivity index (χ3n) is 3.71. The summed E-state index contributed by atoms with van der Waals surface area (Å²) in [6.07, 6.45) is 10.2. The fourth-order valence-corrected chi connectivity index (χ4v) is 4.05. The second-order valence-corrected chi connectivity index (χ2v) is 7.47. The molecular formula is C17H23ClN2OS. The molecule has 1 aromatic carbocycles. The zero-order chi connectivity index (χ0) is 15.8. The zero-order valence-electron chi connectivity index (χ0n) is 13.0. The molecule has 0 bridgehead atoms. The highest BCUT2D eigenvalue weighted by Gasteiger charge is 2.14. The molecule has 2 rings (SSSR count). The number of hydrogen-bond acceptors (Lipinski definition) is 2. The third kappa shape index (κ3) is 5.58. The van der Waals surface area contributed by atoms with Crippen molar-refractivity contribution < 1.29 is 4.21 Å². The van der Waals surface area contributed by atoms with Gasteiger partial charge < -0.3 is 4.57 Å². The maximum Gasteiger partial charge on any atom is 0.0948 e. The number of halogens is 1. The molecule has 0 radical (unpaired) electrons. The van der Waals surface area contributed by atoms with Crippen LogP contribution in [0.15, 0.2) is 43.0 Å². The lowest BCUT2D eigenvalue weighted by molar-refractivity contribution is 0.479. The van der Waals surface area contributed by atoms with Crippen molar-refractivity contribution in [3.63, 3.8) is 0 Å². The van der Waals surface area contributed by atoms with Crippen LogP contribution < -0.4 is 0 Å². The van der Waals surface area contributed by atoms with Crippen molar-refractivity contribution >= 4 is 22.4 Å². The summed E-state index contributed by atoms with van der Waals surface area (Å²) >= 11 is 5.88. The molecule has 1 aromatic heterocycles. The summed E-state index contributed by atoms with van der Waals surface area (Å²) in [5.74, 6) is 1.25. The summed E-state index contributed by atoms with van der Waals surface area (Å²) in [7, 11) is -0.889. The lowest BCUT2D eigenvalue weighted by atomic mass is 10.1. The standard InChI is InChI=1S/C17H23ClN2OS/c1-2-3-4-5-17(20-11-10-19-14-20)13-22(21)12-15-6-8-16(18)9-7-15/h6-11,14,17H,2-5,12-13H2,1H3. The number of hydrogen-bond donors (Lipinski definition) is 0. The minimum absolute atomic E-state index is 0.266. The molecule has 1 heterocycles. The lowest BCUT2D eigenvalue weighted by Crippen LogP contribution is -2.16. The lowest BCUT2D eigenvalue weighted by Gasteiger charge is -2.18. The van der Waals surface area contributed by atoms with Gasteiger partial charge in [-0.15, -0.1) is 0 Å². The van der Waals surface area contributed by atoms with E-state index in [2.05, 4.69) is 16.5 Å². The van der Waals surface area contributed by atoms with Crippen molar-refractivity contribution in [2.45, 2.75) is 44.4 Å². The Morgan fingerprint density at radius 3 is 2.68 bits per heavy atom. The second kappa shape index (κ2) is 9.11. The van der Waals surface area contributed by atoms with Gasteiger partial charge in [0, 0.05) is 45.8 Å². The Hall–Kier alpha value is -1.13. The molecule has 0 saturated carbocycles. The van der Waals surface area contributed by atoms with Crippen molar-refractivity contribution in [2.75, 3.05) is 5.75 Å². The molecule has 0 saturated heterocycles. The maximum absolute atomic E-state index is 12.5. The van der Waals surface area contributed by atoms with Crippen molar-refractivity contribution in [1.82, 2.24) is 9.55 Å². The number of imidazole rings is 1. The van der Waals surface area contributed by atoms with E-state index in [1.54, 1.807) is 6.20 Å². The van der Waals surface area contributed by atoms with E-state index in [-0.39, 0.29) is 6.04 Å². The SMILES string of the molecule is CCCCCC(CS(=O)Cc1ccc(Cl)cc1)n1ccnc1. The number of benzene rings is 1. The van der Waals surface area contributed by atoms with Crippen LogP contribution >= 0.6 is 11.6 Å². The molecule has 0 fully saturated rings. The highest BCUT2D eigenvalue weighted by Crippen LogP contribution is 2.19. The summed E-state index contributed by atoms with van der Waals surface area (Å²) in [4.78, 5) is 4.12. The predicted molar refractivity (Wildman–Crippen MR) is 93.6 cm³/mol. The van der Waals surface area contributed by atoms with Crippen LogP contribution in [-0.4, -0.2) is 19.5 Å². The number of rotatable bonds is 9. The van der Waals surface area contributed by atoms with Crippen molar-refractivity contribution in [3.05, 3.63) is 53.6 Å². The van der Waals surface area contributed by atoms with E-state index < -0.39 is 10.8 Å². The Kier molecular flexibility index (Phi) is 7.13. The van der Waals surface area contributed by atoms with Gasteiger partial charge in [-0.1, -0.05) is 49.9 Å². The third-order valence-corrected chi connectivity index (χ3v) is 5.37. The highest BCUT2D eigenvalue weighted by atomic mass is 35.5. The van der Waals surface area contributed by atoms with Gasteiger partial charge in [0.05, 0.1) is 6.33 Å². The van der Waals surface area contributed by atoms with Crippen LogP contribution in [0.25, 0.3) is 0 Å². The molecule has 120 valence electrons. The van der Waals surface area contributed by atoms with Gasteiger partial charge in [-0.05, 0) is 24.1 Å². The summed E-state index contributed by atoms with van der Waals surface area (Å²) < 4.78 is 14.6. The molecule has 2 aromatic rings. The first-order valence-corrected chi connectivity index (χ1v) is 9.62. The van der Waals surface area contributed by atoms with Gasteiger partial charge in [0.1, 0.15) is 0 Å². The fourth-order valence-electron chi connectivity index (χ4n) is 2.47. The van der Waals surface area contributed by atoms with Crippen LogP contribution in [-0.2, 0) is 16.6 Å². The monoisotopic (exact) mass is 338 g/mol. The van der Waals surface area contributed by atoms with Crippen LogP contribution in [0.1, 0.15) is 44.2 Å². The van der Waals surface area contributed by atoms with Gasteiger partial charge in [0.15, 0.2) is 0 Å². The summed E-state index contributed by atoms with van der Waals surface area (Å²) in [5.41, 5.74) is 1.07. The number of unbranched alkanes of at least 4 members (excludes halogenated alkanes) is 2. The van der Waals surface area contributed by atoms with E-state index >= 15 is 0 Å². The summed E-state index contributed by atoms with van der Waals surface area (Å²) in [6.45, 7) is 2.20. The first kappa shape index (κ1) is 17.2. The zero-order valence-corrected chi connectivity index (χ0v) is 14.5. The van der Waals surface area contributed by atoms with Crippen LogP contribution in [0.5, 0.6) is 0 Å². The largest absolute Gasteiger partial charge is 0.334 e. The number of nitrogens with zero attached hydrogens (tertiary/aromatic N) is 2. The molecule has 2 unspecified atom stereocenters. The molecule has 0 aliphatic carbocycles. The fraction of sp³-hybridized carbons (Fsp3) is 0.471. The van der Waals surface area contributed by atoms with E-state index in [1.165, 1.54) is 12.8 Å². The van der Waals surface area contributed by atoms with Gasteiger partial charge >= 0.3 is 0 Å². The van der Waals surface area contributed by atoms with Crippen LogP contribution in [0.4, 0.5) is 0 Å². The van der Waals surface area contributed by atoms with Gasteiger partial charge in [0.25, 0.3) is 0 Å². The Morgan fingerprint density at radius 2 is 2.05 bits per heavy atom. The Morgan fingerprint density at radius 1 is 1.27 bits per heavy atom. The van der Waals surface area contributed by atoms with Crippen molar-refractivity contribution in [2.24, 2.45) is 0 Å². The van der Waals surface area contributed by atoms with E-state index in [0.717, 1.165) is 18.4 Å². The van der Waals surface area contributed by atoms with Crippen LogP contribution in [0, 0.1) is 0 Å². The Balaban J connectivity index is 1.93. The van der Waals surface area contributed by atoms with E-state index in [0.29, 0.717) is 16.5 Å². The van der Waals surface area contributed by atoms with Crippen molar-refractivity contribution in [1.29, 1.82) is 0 Å². The molecule has 2 atom stereocenters. The summed E-state index contributed by atoms with van der Waals surface area (Å²) in [5, 5.41) is 0.713. The Labute approximate surface area is 140 Å². The van der Waals surface area contributed by atoms with Gasteiger partial charge in [-0.3, -0.25) is 4.21 Å². The summed E-state index contributed by atoms with van der Waals surface area (Å²) in [6, 6.07) is 7.86. The average Bonchev–Trinajstić information content (AvgIpc) is 3.03. The molecule has 0 spiro atoms. The predicted octanol–water partition coefficient (Wildman–Crippen LogP) is 4.61. The van der Waals surface area contributed by atoms with Crippen molar-refractivity contribution in [3.8, 4) is 0 Å². The smallest absolute Gasteiger partial charge is 0.0948 e. The van der Waals surface area contributed by atoms with Crippen LogP contribution in [0.3, 0.4) is 0 Å². The maximum atomic E-state index is 12.5. The topological polar surface area (TPSA) is 34.9 Å². The Bertz CT molecular complexity index is 569. The van der Waals surface area contributed by atoms with E-state index in [9.17, 15) is 4.21 Å². The first-order valence-electron chi connectivity index (χ1n) is 7.76. The molecule has 5 heteroatoms. The molecule has 22 heavy (non-hydrogen) atoms. The molecule has 0 amide bonds. The highest BCUT2D eigenvalue weighted by molar-refractivity contribution is 7.84. The van der Waals surface area contributed by atoms with E-state index in [1.807, 2.05) is 36.8 Å². The van der Waals surface area contributed by atoms with Crippen LogP contribution in [0.2, 0.25) is 5.02 Å². The minimum atomic E-state index is -0.889. The number of aromatic nitrogens is 2. The molecular weight excluding hydrogens is 316 g/mol. The van der Waals surface area contributed by atoms with E-state index in [4.69, 9.17) is 11.6 Å². The first-order chi connectivity index (χ1) is 10.7. The van der Waals surface area contributed by atoms with Gasteiger partial charge in [-0.25, -0.2) is 4.98 Å². The molecule has 0 aliphatic heterocycles. The molecule has 3 nitrogen and oxygen atoms in total. The van der Waals surface area contributed by atoms with Gasteiger partial charge in [-0.2, -0.15) is 0 Å².